The number of halogens is 1. The van der Waals surface area contributed by atoms with Crippen LogP contribution < -0.4 is 5.32 Å². The fourth-order valence-corrected chi connectivity index (χ4v) is 3.26. The second-order valence-corrected chi connectivity index (χ2v) is 6.62. The molecular weight excluding hydrogens is 358 g/mol. The quantitative estimate of drug-likeness (QED) is 0.435. The summed E-state index contributed by atoms with van der Waals surface area (Å²) in [7, 11) is 0. The van der Waals surface area contributed by atoms with E-state index < -0.39 is 0 Å². The van der Waals surface area contributed by atoms with Crippen LogP contribution in [0.15, 0.2) is 73.1 Å². The van der Waals surface area contributed by atoms with E-state index in [0.717, 1.165) is 44.8 Å². The number of hydrogen-bond donors (Lipinski definition) is 2. The first-order valence-corrected chi connectivity index (χ1v) is 8.86. The maximum atomic E-state index is 6.22. The van der Waals surface area contributed by atoms with Gasteiger partial charge in [0.2, 0.25) is 0 Å². The van der Waals surface area contributed by atoms with Crippen molar-refractivity contribution in [2.75, 3.05) is 5.32 Å². The van der Waals surface area contributed by atoms with Crippen LogP contribution in [0.25, 0.3) is 33.5 Å². The molecular formula is C21H14ClN5. The van der Waals surface area contributed by atoms with E-state index in [-0.39, 0.29) is 0 Å². The molecule has 6 heteroatoms. The van der Waals surface area contributed by atoms with Crippen LogP contribution in [0.4, 0.5) is 11.4 Å². The van der Waals surface area contributed by atoms with Gasteiger partial charge in [0, 0.05) is 16.6 Å². The minimum absolute atomic E-state index is 0.662. The smallest absolute Gasteiger partial charge is 0.157 e. The lowest BCUT2D eigenvalue weighted by Gasteiger charge is -2.11. The van der Waals surface area contributed by atoms with Crippen LogP contribution in [0.3, 0.4) is 0 Å². The Balaban J connectivity index is 1.70. The maximum absolute atomic E-state index is 6.22. The lowest BCUT2D eigenvalue weighted by atomic mass is 10.1. The largest absolute Gasteiger partial charge is 0.354 e. The summed E-state index contributed by atoms with van der Waals surface area (Å²) < 4.78 is 0. The Bertz CT molecular complexity index is 1230. The minimum atomic E-state index is 0.662. The van der Waals surface area contributed by atoms with Crippen LogP contribution in [-0.4, -0.2) is 19.9 Å². The highest BCUT2D eigenvalue weighted by atomic mass is 35.5. The maximum Gasteiger partial charge on any atom is 0.157 e. The number of aromatic amines is 1. The molecule has 0 saturated carbocycles. The second kappa shape index (κ2) is 6.37. The van der Waals surface area contributed by atoms with Gasteiger partial charge in [0.1, 0.15) is 5.69 Å². The molecule has 2 N–H and O–H groups in total. The molecule has 2 aromatic carbocycles. The molecule has 0 fully saturated rings. The van der Waals surface area contributed by atoms with Gasteiger partial charge in [-0.1, -0.05) is 23.7 Å². The normalized spacial score (nSPS) is 11.1. The summed E-state index contributed by atoms with van der Waals surface area (Å²) in [6, 6.07) is 19.4. The van der Waals surface area contributed by atoms with Crippen molar-refractivity contribution in [2.24, 2.45) is 0 Å². The zero-order chi connectivity index (χ0) is 18.2. The van der Waals surface area contributed by atoms with E-state index in [1.165, 1.54) is 0 Å². The first-order valence-electron chi connectivity index (χ1n) is 8.49. The number of hydrogen-bond acceptors (Lipinski definition) is 4. The van der Waals surface area contributed by atoms with Gasteiger partial charge >= 0.3 is 0 Å². The topological polar surface area (TPSA) is 66.5 Å². The number of anilines is 2. The zero-order valence-corrected chi connectivity index (χ0v) is 14.9. The highest BCUT2D eigenvalue weighted by molar-refractivity contribution is 6.31. The molecule has 3 aromatic heterocycles. The average molecular weight is 372 g/mol. The highest BCUT2D eigenvalue weighted by Crippen LogP contribution is 2.31. The molecule has 5 aromatic rings. The van der Waals surface area contributed by atoms with E-state index in [0.29, 0.717) is 5.02 Å². The van der Waals surface area contributed by atoms with E-state index in [9.17, 15) is 0 Å². The lowest BCUT2D eigenvalue weighted by molar-refractivity contribution is 1.27. The van der Waals surface area contributed by atoms with Gasteiger partial charge in [-0.2, -0.15) is 0 Å². The van der Waals surface area contributed by atoms with Gasteiger partial charge < -0.3 is 10.3 Å². The van der Waals surface area contributed by atoms with Crippen LogP contribution in [0, 0.1) is 0 Å². The molecule has 130 valence electrons. The molecule has 5 nitrogen and oxygen atoms in total. The van der Waals surface area contributed by atoms with Gasteiger partial charge in [0.15, 0.2) is 5.82 Å². The van der Waals surface area contributed by atoms with Crippen molar-refractivity contribution < 1.29 is 0 Å². The summed E-state index contributed by atoms with van der Waals surface area (Å²) in [6.45, 7) is 0. The molecule has 0 unspecified atom stereocenters. The first-order chi connectivity index (χ1) is 13.3. The molecule has 0 amide bonds. The Morgan fingerprint density at radius 3 is 2.67 bits per heavy atom. The van der Waals surface area contributed by atoms with Crippen molar-refractivity contribution in [3.05, 3.63) is 78.1 Å². The number of H-pyrrole nitrogens is 1. The number of benzene rings is 2. The summed E-state index contributed by atoms with van der Waals surface area (Å²) in [5.41, 5.74) is 5.27. The van der Waals surface area contributed by atoms with Crippen LogP contribution in [0.1, 0.15) is 0 Å². The van der Waals surface area contributed by atoms with Gasteiger partial charge in [-0.15, -0.1) is 0 Å². The number of para-hydroxylation sites is 2. The monoisotopic (exact) mass is 371 g/mol. The second-order valence-electron chi connectivity index (χ2n) is 6.19. The van der Waals surface area contributed by atoms with E-state index in [2.05, 4.69) is 20.3 Å². The van der Waals surface area contributed by atoms with Crippen LogP contribution >= 0.6 is 11.6 Å². The predicted molar refractivity (Wildman–Crippen MR) is 109 cm³/mol. The number of nitrogens with one attached hydrogen (secondary N) is 2. The summed E-state index contributed by atoms with van der Waals surface area (Å²) >= 11 is 6.22. The molecule has 27 heavy (non-hydrogen) atoms. The summed E-state index contributed by atoms with van der Waals surface area (Å²) in [5, 5.41) is 5.01. The highest BCUT2D eigenvalue weighted by Gasteiger charge is 2.12. The Morgan fingerprint density at radius 2 is 1.81 bits per heavy atom. The van der Waals surface area contributed by atoms with Gasteiger partial charge in [-0.05, 0) is 48.5 Å². The molecule has 0 saturated heterocycles. The van der Waals surface area contributed by atoms with Gasteiger partial charge in [-0.25, -0.2) is 9.97 Å². The molecule has 0 aliphatic carbocycles. The van der Waals surface area contributed by atoms with Crippen LogP contribution in [-0.2, 0) is 0 Å². The number of fused-ring (bicyclic) bond motifs is 2. The number of pyridine rings is 2. The third kappa shape index (κ3) is 2.98. The molecule has 0 aliphatic heterocycles. The summed E-state index contributed by atoms with van der Waals surface area (Å²) in [6.07, 6.45) is 3.52. The van der Waals surface area contributed by atoms with Crippen molar-refractivity contribution in [3.8, 4) is 11.5 Å². The van der Waals surface area contributed by atoms with Crippen LogP contribution in [0.2, 0.25) is 5.02 Å². The van der Waals surface area contributed by atoms with Crippen molar-refractivity contribution in [3.63, 3.8) is 0 Å². The van der Waals surface area contributed by atoms with Crippen molar-refractivity contribution in [1.29, 1.82) is 0 Å². The number of nitrogens with zero attached hydrogens (tertiary/aromatic N) is 3. The SMILES string of the molecule is Clc1ccc2nc(-c3nc4ccccc4[nH]3)cc(Nc3cccnc3)c2c1. The number of imidazole rings is 1. The zero-order valence-electron chi connectivity index (χ0n) is 14.1. The fraction of sp³-hybridized carbons (Fsp3) is 0. The number of rotatable bonds is 3. The average Bonchev–Trinajstić information content (AvgIpc) is 3.13. The minimum Gasteiger partial charge on any atom is -0.354 e. The Kier molecular flexibility index (Phi) is 3.73. The van der Waals surface area contributed by atoms with Crippen molar-refractivity contribution in [1.82, 2.24) is 19.9 Å². The third-order valence-corrected chi connectivity index (χ3v) is 4.58. The summed E-state index contributed by atoms with van der Waals surface area (Å²) in [5.74, 6) is 0.724. The first kappa shape index (κ1) is 15.8. The molecule has 0 spiro atoms. The molecule has 0 radical (unpaired) electrons. The molecule has 0 atom stereocenters. The fourth-order valence-electron chi connectivity index (χ4n) is 3.09. The van der Waals surface area contributed by atoms with Gasteiger partial charge in [0.25, 0.3) is 0 Å². The van der Waals surface area contributed by atoms with Gasteiger partial charge in [0.05, 0.1) is 34.1 Å². The summed E-state index contributed by atoms with van der Waals surface area (Å²) in [4.78, 5) is 17.0. The van der Waals surface area contributed by atoms with Crippen LogP contribution in [0.5, 0.6) is 0 Å². The standard InChI is InChI=1S/C21H14ClN5/c22-13-7-8-16-15(10-13)19(24-14-4-3-9-23-12-14)11-20(25-16)21-26-17-5-1-2-6-18(17)27-21/h1-12H,(H,24,25)(H,26,27). The Morgan fingerprint density at radius 1 is 0.889 bits per heavy atom. The third-order valence-electron chi connectivity index (χ3n) is 4.34. The van der Waals surface area contributed by atoms with E-state index in [1.54, 1.807) is 12.4 Å². The lowest BCUT2D eigenvalue weighted by Crippen LogP contribution is -1.96. The molecule has 0 bridgehead atoms. The predicted octanol–water partition coefficient (Wildman–Crippen LogP) is 5.57. The number of aromatic nitrogens is 4. The molecule has 5 rings (SSSR count). The molecule has 0 aliphatic rings. The van der Waals surface area contributed by atoms with E-state index >= 15 is 0 Å². The van der Waals surface area contributed by atoms with E-state index in [4.69, 9.17) is 16.6 Å². The Hall–Kier alpha value is -3.44. The van der Waals surface area contributed by atoms with Gasteiger partial charge in [-0.3, -0.25) is 4.98 Å². The van der Waals surface area contributed by atoms with Crippen molar-refractivity contribution in [2.45, 2.75) is 0 Å². The van der Waals surface area contributed by atoms with Crippen molar-refractivity contribution >= 4 is 44.9 Å². The molecule has 3 heterocycles. The van der Waals surface area contributed by atoms with E-state index in [1.807, 2.05) is 60.7 Å². The Labute approximate surface area is 160 Å².